The molecule has 0 saturated heterocycles. The number of carbonyl (C=O) groups is 1. The minimum Gasteiger partial charge on any atom is -0.444 e. The van der Waals surface area contributed by atoms with Gasteiger partial charge in [-0.05, 0) is 49.1 Å². The van der Waals surface area contributed by atoms with Crippen molar-refractivity contribution in [2.24, 2.45) is 0 Å². The number of benzene rings is 3. The molecule has 5 aromatic rings. The Kier molecular flexibility index (Phi) is 6.77. The van der Waals surface area contributed by atoms with Crippen LogP contribution in [0.3, 0.4) is 0 Å². The van der Waals surface area contributed by atoms with E-state index in [1.165, 1.54) is 5.56 Å². The van der Waals surface area contributed by atoms with Crippen LogP contribution < -0.4 is 5.32 Å². The molecule has 0 fully saturated rings. The molecule has 0 unspecified atom stereocenters. The van der Waals surface area contributed by atoms with Crippen LogP contribution in [-0.4, -0.2) is 26.8 Å². The largest absolute Gasteiger partial charge is 0.444 e. The van der Waals surface area contributed by atoms with Gasteiger partial charge in [0.25, 0.3) is 0 Å². The minimum absolute atomic E-state index is 0.340. The van der Waals surface area contributed by atoms with E-state index in [9.17, 15) is 4.79 Å². The standard InChI is InChI=1S/C30H30N4O3/c1-30(2,3)36-29(35)32-26(18-23-19-31-25-12-8-7-11-24(23)25)28-33-27(34-37-28)17-20-13-15-22(16-14-20)21-9-5-4-6-10-21/h4-16,19,26,31H,17-18H2,1-3H3,(H,32,35)/t26-/m0/s1. The van der Waals surface area contributed by atoms with E-state index < -0.39 is 17.7 Å². The van der Waals surface area contributed by atoms with Gasteiger partial charge in [-0.25, -0.2) is 4.79 Å². The number of hydrogen-bond acceptors (Lipinski definition) is 5. The van der Waals surface area contributed by atoms with E-state index >= 15 is 0 Å². The van der Waals surface area contributed by atoms with Gasteiger partial charge in [-0.2, -0.15) is 4.98 Å². The highest BCUT2D eigenvalue weighted by Gasteiger charge is 2.26. The number of para-hydroxylation sites is 1. The molecular formula is C30H30N4O3. The van der Waals surface area contributed by atoms with E-state index in [1.54, 1.807) is 0 Å². The zero-order valence-corrected chi connectivity index (χ0v) is 21.2. The summed E-state index contributed by atoms with van der Waals surface area (Å²) in [6.07, 6.45) is 2.40. The molecule has 2 heterocycles. The van der Waals surface area contributed by atoms with Crippen molar-refractivity contribution in [1.82, 2.24) is 20.4 Å². The molecule has 188 valence electrons. The third-order valence-electron chi connectivity index (χ3n) is 6.00. The van der Waals surface area contributed by atoms with Gasteiger partial charge in [-0.3, -0.25) is 0 Å². The Hall–Kier alpha value is -4.39. The van der Waals surface area contributed by atoms with Crippen LogP contribution in [0.4, 0.5) is 4.79 Å². The average molecular weight is 495 g/mol. The third-order valence-corrected chi connectivity index (χ3v) is 6.00. The number of nitrogens with one attached hydrogen (secondary N) is 2. The lowest BCUT2D eigenvalue weighted by atomic mass is 10.0. The molecule has 7 nitrogen and oxygen atoms in total. The summed E-state index contributed by atoms with van der Waals surface area (Å²) in [5.74, 6) is 0.893. The summed E-state index contributed by atoms with van der Waals surface area (Å²) in [5, 5.41) is 8.21. The molecule has 1 atom stereocenters. The van der Waals surface area contributed by atoms with Crippen LogP contribution in [0.25, 0.3) is 22.0 Å². The lowest BCUT2D eigenvalue weighted by Crippen LogP contribution is -2.36. The fourth-order valence-electron chi connectivity index (χ4n) is 4.28. The zero-order valence-electron chi connectivity index (χ0n) is 21.2. The number of H-pyrrole nitrogens is 1. The molecule has 2 N–H and O–H groups in total. The summed E-state index contributed by atoms with van der Waals surface area (Å²) in [7, 11) is 0. The summed E-state index contributed by atoms with van der Waals surface area (Å²) >= 11 is 0. The number of fused-ring (bicyclic) bond motifs is 1. The summed E-state index contributed by atoms with van der Waals surface area (Å²) in [6, 6.07) is 26.1. The smallest absolute Gasteiger partial charge is 0.408 e. The molecule has 0 saturated carbocycles. The number of ether oxygens (including phenoxy) is 1. The highest BCUT2D eigenvalue weighted by atomic mass is 16.6. The fourth-order valence-corrected chi connectivity index (χ4v) is 4.28. The predicted molar refractivity (Wildman–Crippen MR) is 143 cm³/mol. The lowest BCUT2D eigenvalue weighted by molar-refractivity contribution is 0.0493. The van der Waals surface area contributed by atoms with E-state index in [4.69, 9.17) is 9.26 Å². The molecule has 0 spiro atoms. The van der Waals surface area contributed by atoms with Crippen molar-refractivity contribution >= 4 is 17.0 Å². The van der Waals surface area contributed by atoms with Gasteiger partial charge in [0.2, 0.25) is 5.89 Å². The number of amides is 1. The van der Waals surface area contributed by atoms with Crippen molar-refractivity contribution < 1.29 is 14.1 Å². The summed E-state index contributed by atoms with van der Waals surface area (Å²) in [5.41, 5.74) is 4.83. The number of nitrogens with zero attached hydrogens (tertiary/aromatic N) is 2. The highest BCUT2D eigenvalue weighted by molar-refractivity contribution is 5.83. The molecule has 0 aliphatic heterocycles. The van der Waals surface area contributed by atoms with Crippen molar-refractivity contribution in [3.63, 3.8) is 0 Å². The van der Waals surface area contributed by atoms with Gasteiger partial charge in [0.1, 0.15) is 11.6 Å². The number of aromatic amines is 1. The Morgan fingerprint density at radius 2 is 1.68 bits per heavy atom. The zero-order chi connectivity index (χ0) is 25.8. The maximum absolute atomic E-state index is 12.7. The molecular weight excluding hydrogens is 464 g/mol. The van der Waals surface area contributed by atoms with E-state index in [0.717, 1.165) is 27.6 Å². The SMILES string of the molecule is CC(C)(C)OC(=O)N[C@@H](Cc1c[nH]c2ccccc12)c1nc(Cc2ccc(-c3ccccc3)cc2)no1. The maximum Gasteiger partial charge on any atom is 0.408 e. The summed E-state index contributed by atoms with van der Waals surface area (Å²) in [4.78, 5) is 20.6. The number of rotatable bonds is 7. The Bertz CT molecular complexity index is 1480. The van der Waals surface area contributed by atoms with Crippen LogP contribution in [0.5, 0.6) is 0 Å². The van der Waals surface area contributed by atoms with Gasteiger partial charge < -0.3 is 19.6 Å². The lowest BCUT2D eigenvalue weighted by Gasteiger charge is -2.22. The van der Waals surface area contributed by atoms with Crippen molar-refractivity contribution in [1.29, 1.82) is 0 Å². The van der Waals surface area contributed by atoms with Crippen molar-refractivity contribution in [2.75, 3.05) is 0 Å². The Labute approximate surface area is 215 Å². The second-order valence-corrected chi connectivity index (χ2v) is 10.1. The van der Waals surface area contributed by atoms with Gasteiger partial charge >= 0.3 is 6.09 Å². The Morgan fingerprint density at radius 1 is 0.973 bits per heavy atom. The molecule has 5 rings (SSSR count). The fraction of sp³-hybridized carbons (Fsp3) is 0.233. The number of hydrogen-bond donors (Lipinski definition) is 2. The van der Waals surface area contributed by atoms with Gasteiger partial charge in [0.15, 0.2) is 5.82 Å². The molecule has 2 aromatic heterocycles. The Balaban J connectivity index is 1.35. The number of aromatic nitrogens is 3. The summed E-state index contributed by atoms with van der Waals surface area (Å²) in [6.45, 7) is 5.49. The van der Waals surface area contributed by atoms with Gasteiger partial charge in [-0.15, -0.1) is 0 Å². The van der Waals surface area contributed by atoms with Gasteiger partial charge in [0, 0.05) is 29.9 Å². The average Bonchev–Trinajstić information content (AvgIpc) is 3.51. The second kappa shape index (κ2) is 10.3. The first-order valence-corrected chi connectivity index (χ1v) is 12.4. The van der Waals surface area contributed by atoms with Crippen molar-refractivity contribution in [2.45, 2.75) is 45.3 Å². The quantitative estimate of drug-likeness (QED) is 0.265. The van der Waals surface area contributed by atoms with Crippen LogP contribution >= 0.6 is 0 Å². The Morgan fingerprint density at radius 3 is 2.43 bits per heavy atom. The molecule has 0 aliphatic carbocycles. The molecule has 0 radical (unpaired) electrons. The van der Waals surface area contributed by atoms with Crippen LogP contribution in [0.2, 0.25) is 0 Å². The molecule has 7 heteroatoms. The van der Waals surface area contributed by atoms with Crippen molar-refractivity contribution in [3.8, 4) is 11.1 Å². The van der Waals surface area contributed by atoms with E-state index in [1.807, 2.05) is 69.4 Å². The van der Waals surface area contributed by atoms with E-state index in [-0.39, 0.29) is 0 Å². The molecule has 0 bridgehead atoms. The third kappa shape index (κ3) is 6.06. The number of carbonyl (C=O) groups excluding carboxylic acids is 1. The first-order valence-electron chi connectivity index (χ1n) is 12.4. The molecule has 1 amide bonds. The molecule has 3 aromatic carbocycles. The number of alkyl carbamates (subject to hydrolysis) is 1. The van der Waals surface area contributed by atoms with Crippen LogP contribution in [-0.2, 0) is 17.6 Å². The maximum atomic E-state index is 12.7. The van der Waals surface area contributed by atoms with Crippen LogP contribution in [0.1, 0.15) is 49.7 Å². The van der Waals surface area contributed by atoms with Crippen molar-refractivity contribution in [3.05, 3.63) is 108 Å². The highest BCUT2D eigenvalue weighted by Crippen LogP contribution is 2.25. The van der Waals surface area contributed by atoms with Gasteiger partial charge in [0.05, 0.1) is 0 Å². The van der Waals surface area contributed by atoms with E-state index in [0.29, 0.717) is 24.6 Å². The predicted octanol–water partition coefficient (Wildman–Crippen LogP) is 6.62. The topological polar surface area (TPSA) is 93.0 Å². The normalized spacial score (nSPS) is 12.4. The van der Waals surface area contributed by atoms with Gasteiger partial charge in [-0.1, -0.05) is 78.0 Å². The van der Waals surface area contributed by atoms with Crippen LogP contribution in [0.15, 0.2) is 89.6 Å². The molecule has 37 heavy (non-hydrogen) atoms. The summed E-state index contributed by atoms with van der Waals surface area (Å²) < 4.78 is 11.1. The second-order valence-electron chi connectivity index (χ2n) is 10.1. The van der Waals surface area contributed by atoms with E-state index in [2.05, 4.69) is 56.8 Å². The monoisotopic (exact) mass is 494 g/mol. The minimum atomic E-state index is -0.624. The first-order chi connectivity index (χ1) is 17.8. The van der Waals surface area contributed by atoms with Crippen LogP contribution in [0, 0.1) is 0 Å². The first kappa shape index (κ1) is 24.3. The molecule has 0 aliphatic rings.